The van der Waals surface area contributed by atoms with Gasteiger partial charge in [0.15, 0.2) is 0 Å². The van der Waals surface area contributed by atoms with E-state index in [9.17, 15) is 14.0 Å². The minimum Gasteiger partial charge on any atom is -0.336 e. The van der Waals surface area contributed by atoms with Gasteiger partial charge in [-0.05, 0) is 42.7 Å². The number of rotatable bonds is 4. The molecule has 2 aromatic rings. The summed E-state index contributed by atoms with van der Waals surface area (Å²) in [5.74, 6) is -0.110. The predicted molar refractivity (Wildman–Crippen MR) is 107 cm³/mol. The van der Waals surface area contributed by atoms with Gasteiger partial charge in [-0.15, -0.1) is 0 Å². The fourth-order valence-corrected chi connectivity index (χ4v) is 3.60. The lowest BCUT2D eigenvalue weighted by Gasteiger charge is -2.34. The van der Waals surface area contributed by atoms with Gasteiger partial charge < -0.3 is 9.80 Å². The average Bonchev–Trinajstić information content (AvgIpc) is 2.83. The van der Waals surface area contributed by atoms with Crippen LogP contribution in [0.15, 0.2) is 48.5 Å². The van der Waals surface area contributed by atoms with Crippen molar-refractivity contribution in [2.45, 2.75) is 39.8 Å². The second kappa shape index (κ2) is 8.55. The Balaban J connectivity index is 1.82. The zero-order chi connectivity index (χ0) is 20.3. The van der Waals surface area contributed by atoms with Gasteiger partial charge in [0.25, 0.3) is 5.91 Å². The molecule has 1 heterocycles. The first-order valence-electron chi connectivity index (χ1n) is 9.75. The molecule has 1 aliphatic heterocycles. The fraction of sp³-hybridized carbons (Fsp3) is 0.391. The summed E-state index contributed by atoms with van der Waals surface area (Å²) < 4.78 is 13.2. The molecule has 148 valence electrons. The van der Waals surface area contributed by atoms with Gasteiger partial charge in [-0.2, -0.15) is 0 Å². The maximum absolute atomic E-state index is 13.2. The average molecular weight is 382 g/mol. The van der Waals surface area contributed by atoms with Crippen LogP contribution in [0.3, 0.4) is 0 Å². The molecule has 1 atom stereocenters. The SMILES string of the molecule is Cc1ccc(C(=O)N2CCC(=O)N(Cc3ccc(F)cc3)[C@H](C(C)C)C2)cc1. The van der Waals surface area contributed by atoms with Crippen LogP contribution in [0.2, 0.25) is 0 Å². The van der Waals surface area contributed by atoms with E-state index in [2.05, 4.69) is 13.8 Å². The van der Waals surface area contributed by atoms with Gasteiger partial charge in [-0.1, -0.05) is 43.7 Å². The highest BCUT2D eigenvalue weighted by Crippen LogP contribution is 2.22. The van der Waals surface area contributed by atoms with Crippen molar-refractivity contribution in [2.75, 3.05) is 13.1 Å². The van der Waals surface area contributed by atoms with Crippen LogP contribution in [0.5, 0.6) is 0 Å². The number of hydrogen-bond donors (Lipinski definition) is 0. The lowest BCUT2D eigenvalue weighted by atomic mass is 10.0. The van der Waals surface area contributed by atoms with Crippen LogP contribution < -0.4 is 0 Å². The van der Waals surface area contributed by atoms with Crippen molar-refractivity contribution >= 4 is 11.8 Å². The maximum atomic E-state index is 13.2. The van der Waals surface area contributed by atoms with E-state index in [-0.39, 0.29) is 29.6 Å². The summed E-state index contributed by atoms with van der Waals surface area (Å²) in [5.41, 5.74) is 2.64. The van der Waals surface area contributed by atoms with Gasteiger partial charge in [0, 0.05) is 31.6 Å². The first-order chi connectivity index (χ1) is 13.3. The van der Waals surface area contributed by atoms with Gasteiger partial charge in [0.2, 0.25) is 5.91 Å². The molecule has 4 nitrogen and oxygen atoms in total. The van der Waals surface area contributed by atoms with Crippen molar-refractivity contribution in [3.63, 3.8) is 0 Å². The molecule has 2 amide bonds. The summed E-state index contributed by atoms with van der Waals surface area (Å²) >= 11 is 0. The molecule has 0 unspecified atom stereocenters. The van der Waals surface area contributed by atoms with Crippen LogP contribution in [-0.4, -0.2) is 40.7 Å². The zero-order valence-corrected chi connectivity index (χ0v) is 16.7. The number of nitrogens with zero attached hydrogens (tertiary/aromatic N) is 2. The minimum absolute atomic E-state index is 0.0298. The Hall–Kier alpha value is -2.69. The second-order valence-corrected chi connectivity index (χ2v) is 7.83. The van der Waals surface area contributed by atoms with Crippen molar-refractivity contribution in [1.29, 1.82) is 0 Å². The van der Waals surface area contributed by atoms with Crippen LogP contribution in [-0.2, 0) is 11.3 Å². The van der Waals surface area contributed by atoms with E-state index in [1.54, 1.807) is 17.0 Å². The van der Waals surface area contributed by atoms with Gasteiger partial charge in [0.05, 0.1) is 6.04 Å². The molecule has 0 saturated carbocycles. The van der Waals surface area contributed by atoms with Crippen molar-refractivity contribution in [2.24, 2.45) is 5.92 Å². The molecule has 5 heteroatoms. The molecule has 2 aromatic carbocycles. The third-order valence-corrected chi connectivity index (χ3v) is 5.35. The van der Waals surface area contributed by atoms with E-state index < -0.39 is 0 Å². The van der Waals surface area contributed by atoms with Crippen LogP contribution in [0.4, 0.5) is 4.39 Å². The molecule has 0 N–H and O–H groups in total. The molecule has 0 aromatic heterocycles. The van der Waals surface area contributed by atoms with Crippen LogP contribution in [0.25, 0.3) is 0 Å². The van der Waals surface area contributed by atoms with Crippen molar-refractivity contribution in [1.82, 2.24) is 9.80 Å². The summed E-state index contributed by atoms with van der Waals surface area (Å²) in [7, 11) is 0. The predicted octanol–water partition coefficient (Wildman–Crippen LogP) is 4.03. The highest BCUT2D eigenvalue weighted by Gasteiger charge is 2.33. The molecular formula is C23H27FN2O2. The molecule has 28 heavy (non-hydrogen) atoms. The normalized spacial score (nSPS) is 17.8. The third kappa shape index (κ3) is 4.58. The number of carbonyl (C=O) groups is 2. The van der Waals surface area contributed by atoms with E-state index in [0.29, 0.717) is 31.6 Å². The Labute approximate surface area is 166 Å². The molecule has 0 aliphatic carbocycles. The third-order valence-electron chi connectivity index (χ3n) is 5.35. The van der Waals surface area contributed by atoms with Crippen molar-refractivity contribution < 1.29 is 14.0 Å². The summed E-state index contributed by atoms with van der Waals surface area (Å²) in [5, 5.41) is 0. The monoisotopic (exact) mass is 382 g/mol. The number of amides is 2. The van der Waals surface area contributed by atoms with Crippen LogP contribution in [0, 0.1) is 18.7 Å². The summed E-state index contributed by atoms with van der Waals surface area (Å²) in [6, 6.07) is 13.7. The number of aryl methyl sites for hydroxylation is 1. The number of carbonyl (C=O) groups excluding carboxylic acids is 2. The molecule has 1 fully saturated rings. The Morgan fingerprint density at radius 1 is 1.11 bits per heavy atom. The first kappa shape index (κ1) is 20.1. The highest BCUT2D eigenvalue weighted by atomic mass is 19.1. The number of hydrogen-bond acceptors (Lipinski definition) is 2. The van der Waals surface area contributed by atoms with Gasteiger partial charge in [-0.25, -0.2) is 4.39 Å². The lowest BCUT2D eigenvalue weighted by Crippen LogP contribution is -2.47. The first-order valence-corrected chi connectivity index (χ1v) is 9.75. The number of halogens is 1. The largest absolute Gasteiger partial charge is 0.336 e. The highest BCUT2D eigenvalue weighted by molar-refractivity contribution is 5.94. The summed E-state index contributed by atoms with van der Waals surface area (Å²) in [4.78, 5) is 29.5. The van der Waals surface area contributed by atoms with Crippen LogP contribution in [0.1, 0.15) is 41.8 Å². The summed E-state index contributed by atoms with van der Waals surface area (Å²) in [6.07, 6.45) is 0.294. The van der Waals surface area contributed by atoms with Gasteiger partial charge in [-0.3, -0.25) is 9.59 Å². The molecular weight excluding hydrogens is 355 g/mol. The molecule has 0 spiro atoms. The Kier molecular flexibility index (Phi) is 6.12. The molecule has 0 bridgehead atoms. The minimum atomic E-state index is -0.291. The van der Waals surface area contributed by atoms with Crippen molar-refractivity contribution in [3.8, 4) is 0 Å². The molecule has 0 radical (unpaired) electrons. The van der Waals surface area contributed by atoms with E-state index >= 15 is 0 Å². The van der Waals surface area contributed by atoms with E-state index in [0.717, 1.165) is 11.1 Å². The number of benzene rings is 2. The topological polar surface area (TPSA) is 40.6 Å². The van der Waals surface area contributed by atoms with Crippen molar-refractivity contribution in [3.05, 3.63) is 71.0 Å². The molecule has 3 rings (SSSR count). The lowest BCUT2D eigenvalue weighted by molar-refractivity contribution is -0.134. The summed E-state index contributed by atoms with van der Waals surface area (Å²) in [6.45, 7) is 7.45. The maximum Gasteiger partial charge on any atom is 0.253 e. The fourth-order valence-electron chi connectivity index (χ4n) is 3.60. The Bertz CT molecular complexity index is 831. The Morgan fingerprint density at radius 3 is 2.36 bits per heavy atom. The van der Waals surface area contributed by atoms with E-state index in [1.165, 1.54) is 12.1 Å². The smallest absolute Gasteiger partial charge is 0.253 e. The Morgan fingerprint density at radius 2 is 1.75 bits per heavy atom. The van der Waals surface area contributed by atoms with E-state index in [1.807, 2.05) is 36.1 Å². The van der Waals surface area contributed by atoms with Crippen LogP contribution >= 0.6 is 0 Å². The molecule has 1 saturated heterocycles. The van der Waals surface area contributed by atoms with Gasteiger partial charge >= 0.3 is 0 Å². The van der Waals surface area contributed by atoms with Gasteiger partial charge in [0.1, 0.15) is 5.82 Å². The van der Waals surface area contributed by atoms with E-state index in [4.69, 9.17) is 0 Å². The zero-order valence-electron chi connectivity index (χ0n) is 16.7. The standard InChI is InChI=1S/C23H27FN2O2/c1-16(2)21-15-25(23(28)19-8-4-17(3)5-9-19)13-12-22(27)26(21)14-18-6-10-20(24)11-7-18/h4-11,16,21H,12-15H2,1-3H3/t21-/m0/s1. The quantitative estimate of drug-likeness (QED) is 0.801. The second-order valence-electron chi connectivity index (χ2n) is 7.83. The molecule has 1 aliphatic rings.